The maximum Gasteiger partial charge on any atom is 0.191 e. The van der Waals surface area contributed by atoms with Crippen LogP contribution in [0.2, 0.25) is 0 Å². The van der Waals surface area contributed by atoms with Gasteiger partial charge in [0.25, 0.3) is 0 Å². The van der Waals surface area contributed by atoms with Gasteiger partial charge in [-0.25, -0.2) is 9.07 Å². The highest BCUT2D eigenvalue weighted by atomic mass is 19.1. The summed E-state index contributed by atoms with van der Waals surface area (Å²) in [5.41, 5.74) is 11.4. The number of aliphatic imine (C=N–C) groups is 1. The summed E-state index contributed by atoms with van der Waals surface area (Å²) in [6.45, 7) is 5.52. The zero-order valence-electron chi connectivity index (χ0n) is 18.6. The lowest BCUT2D eigenvalue weighted by molar-refractivity contribution is 0.627. The molecule has 0 aliphatic rings. The van der Waals surface area contributed by atoms with E-state index < -0.39 is 0 Å². The number of aryl methyl sites for hydroxylation is 3. The summed E-state index contributed by atoms with van der Waals surface area (Å²) < 4.78 is 14.7. The zero-order chi connectivity index (χ0) is 23.1. The quantitative estimate of drug-likeness (QED) is 0.301. The van der Waals surface area contributed by atoms with Crippen molar-refractivity contribution in [3.8, 4) is 11.8 Å². The largest absolute Gasteiger partial charge is 0.382 e. The number of nitrogen functional groups attached to an aromatic ring is 1. The minimum absolute atomic E-state index is 0.257. The van der Waals surface area contributed by atoms with E-state index in [1.54, 1.807) is 19.2 Å². The average molecular weight is 434 g/mol. The number of hydrogen-bond acceptors (Lipinski definition) is 4. The Morgan fingerprint density at radius 3 is 2.59 bits per heavy atom. The van der Waals surface area contributed by atoms with Crippen LogP contribution in [0.3, 0.4) is 0 Å². The van der Waals surface area contributed by atoms with Crippen LogP contribution in [-0.4, -0.2) is 29.3 Å². The summed E-state index contributed by atoms with van der Waals surface area (Å²) >= 11 is 0. The molecule has 3 aromatic rings. The van der Waals surface area contributed by atoms with Crippen LogP contribution in [-0.2, 0) is 13.0 Å². The normalized spacial score (nSPS) is 11.3. The van der Waals surface area contributed by atoms with Crippen molar-refractivity contribution in [2.24, 2.45) is 4.99 Å². The van der Waals surface area contributed by atoms with Crippen LogP contribution in [0.5, 0.6) is 0 Å². The Kier molecular flexibility index (Phi) is 7.45. The molecule has 0 saturated carbocycles. The van der Waals surface area contributed by atoms with E-state index in [1.807, 2.05) is 0 Å². The topological polar surface area (TPSA) is 104 Å². The molecule has 0 unspecified atom stereocenters. The van der Waals surface area contributed by atoms with Gasteiger partial charge in [-0.05, 0) is 62.1 Å². The molecule has 8 heteroatoms. The van der Waals surface area contributed by atoms with Gasteiger partial charge in [-0.3, -0.25) is 4.99 Å². The Hall–Kier alpha value is -3.86. The first-order valence-electron chi connectivity index (χ1n) is 10.5. The summed E-state index contributed by atoms with van der Waals surface area (Å²) in [5.74, 6) is 0.626. The SMILES string of the molecule is CN=C(NCCCc1nn(-c2ccc(F)cc2)c(N)c1C#N)NCc1ccc(C)cc1C. The Morgan fingerprint density at radius 1 is 1.19 bits per heavy atom. The third-order valence-electron chi connectivity index (χ3n) is 5.23. The van der Waals surface area contributed by atoms with Crippen molar-refractivity contribution in [2.75, 3.05) is 19.3 Å². The highest BCUT2D eigenvalue weighted by Gasteiger charge is 2.16. The summed E-state index contributed by atoms with van der Waals surface area (Å²) in [4.78, 5) is 4.27. The van der Waals surface area contributed by atoms with Gasteiger partial charge in [0.15, 0.2) is 5.96 Å². The van der Waals surface area contributed by atoms with Gasteiger partial charge >= 0.3 is 0 Å². The summed E-state index contributed by atoms with van der Waals surface area (Å²) in [6, 6.07) is 14.4. The van der Waals surface area contributed by atoms with Crippen LogP contribution in [0.15, 0.2) is 47.5 Å². The van der Waals surface area contributed by atoms with E-state index in [4.69, 9.17) is 5.73 Å². The van der Waals surface area contributed by atoms with Crippen LogP contribution in [0.1, 0.15) is 34.4 Å². The first kappa shape index (κ1) is 22.8. The molecule has 0 atom stereocenters. The molecular weight excluding hydrogens is 405 g/mol. The van der Waals surface area contributed by atoms with Gasteiger partial charge < -0.3 is 16.4 Å². The number of nitriles is 1. The minimum atomic E-state index is -0.342. The van der Waals surface area contributed by atoms with Crippen LogP contribution in [0.25, 0.3) is 5.69 Å². The second-order valence-electron chi connectivity index (χ2n) is 7.59. The summed E-state index contributed by atoms with van der Waals surface area (Å²) in [5, 5.41) is 20.6. The fraction of sp³-hybridized carbons (Fsp3) is 0.292. The fourth-order valence-electron chi connectivity index (χ4n) is 3.46. The molecule has 2 aromatic carbocycles. The number of hydrogen-bond donors (Lipinski definition) is 3. The number of nitrogens with two attached hydrogens (primary N) is 1. The summed E-state index contributed by atoms with van der Waals surface area (Å²) in [7, 11) is 1.73. The number of nitrogens with zero attached hydrogens (tertiary/aromatic N) is 4. The van der Waals surface area contributed by atoms with Gasteiger partial charge in [0.1, 0.15) is 23.3 Å². The Balaban J connectivity index is 1.56. The van der Waals surface area contributed by atoms with Gasteiger partial charge in [0.2, 0.25) is 0 Å². The molecule has 7 nitrogen and oxygen atoms in total. The highest BCUT2D eigenvalue weighted by molar-refractivity contribution is 5.79. The van der Waals surface area contributed by atoms with Crippen LogP contribution in [0.4, 0.5) is 10.2 Å². The van der Waals surface area contributed by atoms with Crippen molar-refractivity contribution in [2.45, 2.75) is 33.2 Å². The van der Waals surface area contributed by atoms with E-state index in [9.17, 15) is 9.65 Å². The molecule has 4 N–H and O–H groups in total. The Bertz CT molecular complexity index is 1140. The standard InChI is InChI=1S/C24H28FN7/c1-16-6-7-18(17(2)13-16)15-30-24(28-3)29-12-4-5-22-21(14-26)23(27)32(31-22)20-10-8-19(25)9-11-20/h6-11,13H,4-5,12,15,27H2,1-3H3,(H2,28,29,30). The van der Waals surface area contributed by atoms with Crippen molar-refractivity contribution in [1.29, 1.82) is 5.26 Å². The number of nitrogens with one attached hydrogen (secondary N) is 2. The molecule has 0 aliphatic carbocycles. The van der Waals surface area contributed by atoms with Crippen molar-refractivity contribution < 1.29 is 4.39 Å². The van der Waals surface area contributed by atoms with Crippen LogP contribution >= 0.6 is 0 Å². The molecule has 0 aliphatic heterocycles. The second kappa shape index (κ2) is 10.4. The molecule has 0 saturated heterocycles. The molecule has 32 heavy (non-hydrogen) atoms. The molecule has 0 amide bonds. The lowest BCUT2D eigenvalue weighted by Crippen LogP contribution is -2.37. The molecule has 3 rings (SSSR count). The van der Waals surface area contributed by atoms with E-state index in [-0.39, 0.29) is 11.6 Å². The third kappa shape index (κ3) is 5.43. The molecular formula is C24H28FN7. The second-order valence-corrected chi connectivity index (χ2v) is 7.59. The number of guanidine groups is 1. The Labute approximate surface area is 187 Å². The van der Waals surface area contributed by atoms with Crippen molar-refractivity contribution in [3.63, 3.8) is 0 Å². The van der Waals surface area contributed by atoms with E-state index in [1.165, 1.54) is 33.5 Å². The number of halogens is 1. The number of benzene rings is 2. The van der Waals surface area contributed by atoms with Crippen molar-refractivity contribution in [3.05, 3.63) is 76.2 Å². The molecule has 1 heterocycles. The fourth-order valence-corrected chi connectivity index (χ4v) is 3.46. The van der Waals surface area contributed by atoms with E-state index in [0.29, 0.717) is 42.4 Å². The highest BCUT2D eigenvalue weighted by Crippen LogP contribution is 2.21. The minimum Gasteiger partial charge on any atom is -0.382 e. The molecule has 0 spiro atoms. The Morgan fingerprint density at radius 2 is 1.94 bits per heavy atom. The van der Waals surface area contributed by atoms with Gasteiger partial charge in [0.05, 0.1) is 11.4 Å². The van der Waals surface area contributed by atoms with Gasteiger partial charge in [-0.1, -0.05) is 23.8 Å². The monoisotopic (exact) mass is 433 g/mol. The number of anilines is 1. The predicted molar refractivity (Wildman–Crippen MR) is 125 cm³/mol. The molecule has 0 radical (unpaired) electrons. The van der Waals surface area contributed by atoms with Gasteiger partial charge in [-0.2, -0.15) is 10.4 Å². The molecule has 0 bridgehead atoms. The van der Waals surface area contributed by atoms with Crippen LogP contribution in [0, 0.1) is 31.0 Å². The van der Waals surface area contributed by atoms with Crippen LogP contribution < -0.4 is 16.4 Å². The van der Waals surface area contributed by atoms with Gasteiger partial charge in [-0.15, -0.1) is 0 Å². The maximum absolute atomic E-state index is 13.2. The lowest BCUT2D eigenvalue weighted by Gasteiger charge is -2.13. The van der Waals surface area contributed by atoms with Crippen molar-refractivity contribution in [1.82, 2.24) is 20.4 Å². The zero-order valence-corrected chi connectivity index (χ0v) is 18.6. The smallest absolute Gasteiger partial charge is 0.191 e. The number of rotatable bonds is 7. The molecule has 166 valence electrons. The van der Waals surface area contributed by atoms with Gasteiger partial charge in [0, 0.05) is 20.1 Å². The summed E-state index contributed by atoms with van der Waals surface area (Å²) in [6.07, 6.45) is 1.31. The number of aromatic nitrogens is 2. The first-order valence-corrected chi connectivity index (χ1v) is 10.5. The predicted octanol–water partition coefficient (Wildman–Crippen LogP) is 3.38. The lowest BCUT2D eigenvalue weighted by atomic mass is 10.1. The average Bonchev–Trinajstić information content (AvgIpc) is 3.10. The van der Waals surface area contributed by atoms with E-state index in [0.717, 1.165) is 6.42 Å². The maximum atomic E-state index is 13.2. The third-order valence-corrected chi connectivity index (χ3v) is 5.23. The van der Waals surface area contributed by atoms with E-state index in [2.05, 4.69) is 58.8 Å². The van der Waals surface area contributed by atoms with Crippen molar-refractivity contribution >= 4 is 11.8 Å². The molecule has 1 aromatic heterocycles. The van der Waals surface area contributed by atoms with E-state index >= 15 is 0 Å². The molecule has 0 fully saturated rings. The first-order chi connectivity index (χ1) is 15.4.